The van der Waals surface area contributed by atoms with Crippen LogP contribution in [0.5, 0.6) is 0 Å². The number of hydrogen-bond acceptors (Lipinski definition) is 8. The van der Waals surface area contributed by atoms with Crippen molar-refractivity contribution in [3.05, 3.63) is 71.1 Å². The van der Waals surface area contributed by atoms with E-state index < -0.39 is 5.82 Å². The van der Waals surface area contributed by atoms with E-state index in [9.17, 15) is 4.79 Å². The molecule has 3 aromatic rings. The number of aryl methyl sites for hydroxylation is 1. The van der Waals surface area contributed by atoms with Crippen molar-refractivity contribution < 1.29 is 9.18 Å². The fourth-order valence-electron chi connectivity index (χ4n) is 4.14. The van der Waals surface area contributed by atoms with Gasteiger partial charge in [0, 0.05) is 56.6 Å². The third kappa shape index (κ3) is 6.63. The van der Waals surface area contributed by atoms with Gasteiger partial charge in [0.1, 0.15) is 18.0 Å². The third-order valence-electron chi connectivity index (χ3n) is 6.19. The van der Waals surface area contributed by atoms with Gasteiger partial charge in [-0.1, -0.05) is 36.8 Å². The molecule has 1 aliphatic heterocycles. The van der Waals surface area contributed by atoms with Gasteiger partial charge < -0.3 is 10.6 Å². The number of hydrogen-bond donors (Lipinski definition) is 2. The maximum absolute atomic E-state index is 15.3. The number of nitrogens with two attached hydrogens (primary N) is 1. The van der Waals surface area contributed by atoms with Crippen LogP contribution in [0.3, 0.4) is 0 Å². The number of aromatic nitrogens is 3. The molecule has 2 aromatic heterocycles. The molecule has 1 saturated heterocycles. The SMILES string of the molecule is CCc1ncnc(-c2ccc(C(=O)N3CCN(CCNSC)CC3)c(F)c2)c1C#Cc1ccc(N)nc1. The highest BCUT2D eigenvalue weighted by molar-refractivity contribution is 7.96. The quantitative estimate of drug-likeness (QED) is 0.279. The summed E-state index contributed by atoms with van der Waals surface area (Å²) in [5.74, 6) is 5.75. The Bertz CT molecular complexity index is 1300. The van der Waals surface area contributed by atoms with Crippen LogP contribution in [0.1, 0.15) is 34.1 Å². The minimum absolute atomic E-state index is 0.0617. The zero-order valence-corrected chi connectivity index (χ0v) is 21.8. The summed E-state index contributed by atoms with van der Waals surface area (Å²) < 4.78 is 18.5. The Morgan fingerprint density at radius 1 is 1.14 bits per heavy atom. The molecule has 1 aliphatic rings. The number of carbonyl (C=O) groups excluding carboxylic acids is 1. The number of nitrogens with one attached hydrogen (secondary N) is 1. The van der Waals surface area contributed by atoms with E-state index in [0.717, 1.165) is 31.9 Å². The first kappa shape index (κ1) is 26.5. The van der Waals surface area contributed by atoms with Crippen LogP contribution in [-0.4, -0.2) is 76.2 Å². The van der Waals surface area contributed by atoms with Gasteiger partial charge in [-0.2, -0.15) is 0 Å². The summed E-state index contributed by atoms with van der Waals surface area (Å²) in [7, 11) is 0. The highest BCUT2D eigenvalue weighted by Gasteiger charge is 2.24. The molecule has 37 heavy (non-hydrogen) atoms. The second-order valence-electron chi connectivity index (χ2n) is 8.55. The first-order chi connectivity index (χ1) is 18.0. The molecule has 1 aromatic carbocycles. The summed E-state index contributed by atoms with van der Waals surface area (Å²) in [6.45, 7) is 6.47. The van der Waals surface area contributed by atoms with Crippen molar-refractivity contribution in [2.24, 2.45) is 0 Å². The zero-order valence-electron chi connectivity index (χ0n) is 21.0. The second kappa shape index (κ2) is 12.6. The maximum Gasteiger partial charge on any atom is 0.256 e. The molecule has 10 heteroatoms. The molecule has 0 radical (unpaired) electrons. The molecule has 0 unspecified atom stereocenters. The number of pyridine rings is 1. The van der Waals surface area contributed by atoms with Crippen molar-refractivity contribution in [3.63, 3.8) is 0 Å². The van der Waals surface area contributed by atoms with Crippen LogP contribution in [0.25, 0.3) is 11.3 Å². The molecule has 4 rings (SSSR count). The predicted octanol–water partition coefficient (Wildman–Crippen LogP) is 2.85. The van der Waals surface area contributed by atoms with Gasteiger partial charge in [-0.05, 0) is 36.9 Å². The van der Waals surface area contributed by atoms with E-state index in [-0.39, 0.29) is 11.5 Å². The van der Waals surface area contributed by atoms with Gasteiger partial charge in [-0.25, -0.2) is 19.3 Å². The number of nitrogen functional groups attached to an aromatic ring is 1. The van der Waals surface area contributed by atoms with Crippen molar-refractivity contribution in [3.8, 4) is 23.1 Å². The first-order valence-corrected chi connectivity index (χ1v) is 13.4. The molecule has 0 bridgehead atoms. The van der Waals surface area contributed by atoms with Gasteiger partial charge in [-0.15, -0.1) is 0 Å². The summed E-state index contributed by atoms with van der Waals surface area (Å²) in [5.41, 5.74) is 8.85. The average molecular weight is 520 g/mol. The standard InChI is InChI=1S/C27H30FN7OS/c1-3-24-22(7-4-19-5-9-25(29)30-17-19)26(32-18-31-24)20-6-8-21(23(28)16-20)27(36)35-14-12-34(13-15-35)11-10-33-37-2/h5-6,8-9,16-18,33H,3,10-15H2,1-2H3,(H2,29,30). The Morgan fingerprint density at radius 2 is 1.95 bits per heavy atom. The Hall–Kier alpha value is -3.52. The van der Waals surface area contributed by atoms with E-state index in [1.165, 1.54) is 18.5 Å². The molecule has 1 amide bonds. The lowest BCUT2D eigenvalue weighted by molar-refractivity contribution is 0.0635. The van der Waals surface area contributed by atoms with E-state index in [2.05, 4.69) is 36.4 Å². The summed E-state index contributed by atoms with van der Waals surface area (Å²) in [5, 5.41) is 0. The zero-order chi connectivity index (χ0) is 26.2. The van der Waals surface area contributed by atoms with Crippen LogP contribution in [0.2, 0.25) is 0 Å². The molecule has 0 atom stereocenters. The van der Waals surface area contributed by atoms with Gasteiger partial charge in [0.2, 0.25) is 0 Å². The molecule has 0 aliphatic carbocycles. The minimum Gasteiger partial charge on any atom is -0.384 e. The van der Waals surface area contributed by atoms with E-state index in [0.29, 0.717) is 47.7 Å². The van der Waals surface area contributed by atoms with E-state index in [4.69, 9.17) is 5.73 Å². The molecule has 8 nitrogen and oxygen atoms in total. The largest absolute Gasteiger partial charge is 0.384 e. The van der Waals surface area contributed by atoms with Gasteiger partial charge in [-0.3, -0.25) is 14.4 Å². The smallest absolute Gasteiger partial charge is 0.256 e. The third-order valence-corrected chi connectivity index (χ3v) is 6.68. The lowest BCUT2D eigenvalue weighted by atomic mass is 10.0. The minimum atomic E-state index is -0.576. The number of amides is 1. The number of nitrogens with zero attached hydrogens (tertiary/aromatic N) is 5. The van der Waals surface area contributed by atoms with Crippen LogP contribution < -0.4 is 10.5 Å². The Morgan fingerprint density at radius 3 is 2.62 bits per heavy atom. The van der Waals surface area contributed by atoms with Crippen molar-refractivity contribution in [2.75, 3.05) is 51.3 Å². The Labute approximate surface area is 221 Å². The van der Waals surface area contributed by atoms with Crippen LogP contribution in [0.4, 0.5) is 10.2 Å². The fraction of sp³-hybridized carbons (Fsp3) is 0.333. The summed E-state index contributed by atoms with van der Waals surface area (Å²) in [6, 6.07) is 8.08. The lowest BCUT2D eigenvalue weighted by Gasteiger charge is -2.34. The number of piperazine rings is 1. The number of benzene rings is 1. The van der Waals surface area contributed by atoms with Crippen molar-refractivity contribution in [1.29, 1.82) is 0 Å². The first-order valence-electron chi connectivity index (χ1n) is 12.1. The second-order valence-corrected chi connectivity index (χ2v) is 9.24. The summed E-state index contributed by atoms with van der Waals surface area (Å²) in [6.07, 6.45) is 5.68. The van der Waals surface area contributed by atoms with Crippen molar-refractivity contribution in [2.45, 2.75) is 13.3 Å². The van der Waals surface area contributed by atoms with Gasteiger partial charge in [0.15, 0.2) is 0 Å². The highest BCUT2D eigenvalue weighted by atomic mass is 32.2. The normalized spacial score (nSPS) is 13.8. The molecular weight excluding hydrogens is 489 g/mol. The van der Waals surface area contributed by atoms with Crippen LogP contribution in [-0.2, 0) is 6.42 Å². The van der Waals surface area contributed by atoms with Crippen LogP contribution >= 0.6 is 11.9 Å². The molecule has 0 saturated carbocycles. The maximum atomic E-state index is 15.3. The molecule has 1 fully saturated rings. The number of halogens is 1. The molecular formula is C27H30FN7OS. The molecule has 192 valence electrons. The van der Waals surface area contributed by atoms with E-state index >= 15 is 4.39 Å². The van der Waals surface area contributed by atoms with E-state index in [1.54, 1.807) is 41.2 Å². The number of anilines is 1. The monoisotopic (exact) mass is 519 g/mol. The predicted molar refractivity (Wildman–Crippen MR) is 145 cm³/mol. The lowest BCUT2D eigenvalue weighted by Crippen LogP contribution is -2.49. The average Bonchev–Trinajstić information content (AvgIpc) is 2.92. The molecule has 3 heterocycles. The molecule has 0 spiro atoms. The van der Waals surface area contributed by atoms with Crippen molar-refractivity contribution >= 4 is 23.7 Å². The topological polar surface area (TPSA) is 100 Å². The fourth-order valence-corrected chi connectivity index (χ4v) is 4.44. The Kier molecular flexibility index (Phi) is 9.06. The van der Waals surface area contributed by atoms with Crippen LogP contribution in [0.15, 0.2) is 42.9 Å². The van der Waals surface area contributed by atoms with Gasteiger partial charge in [0.05, 0.1) is 22.5 Å². The number of carbonyl (C=O) groups is 1. The highest BCUT2D eigenvalue weighted by Crippen LogP contribution is 2.26. The summed E-state index contributed by atoms with van der Waals surface area (Å²) >= 11 is 1.59. The Balaban J connectivity index is 1.54. The molecule has 3 N–H and O–H groups in total. The van der Waals surface area contributed by atoms with E-state index in [1.807, 2.05) is 13.2 Å². The van der Waals surface area contributed by atoms with Crippen LogP contribution in [0, 0.1) is 17.7 Å². The number of rotatable bonds is 7. The van der Waals surface area contributed by atoms with Crippen molar-refractivity contribution in [1.82, 2.24) is 29.5 Å². The van der Waals surface area contributed by atoms with Gasteiger partial charge in [0.25, 0.3) is 5.91 Å². The van der Waals surface area contributed by atoms with Gasteiger partial charge >= 0.3 is 0 Å². The summed E-state index contributed by atoms with van der Waals surface area (Å²) in [4.78, 5) is 29.9.